The van der Waals surface area contributed by atoms with Crippen LogP contribution < -0.4 is 10.2 Å². The van der Waals surface area contributed by atoms with Crippen molar-refractivity contribution >= 4 is 11.8 Å². The normalized spacial score (nSPS) is 35.8. The van der Waals surface area contributed by atoms with Crippen LogP contribution in [0.25, 0.3) is 0 Å². The fraction of sp³-hybridized carbons (Fsp3) is 0.727. The minimum atomic E-state index is -0.0612. The lowest BCUT2D eigenvalue weighted by molar-refractivity contribution is -0.918. The fourth-order valence-electron chi connectivity index (χ4n) is 6.80. The van der Waals surface area contributed by atoms with Gasteiger partial charge < -0.3 is 19.5 Å². The molecule has 6 heteroatoms. The number of furan rings is 1. The van der Waals surface area contributed by atoms with Gasteiger partial charge in [-0.05, 0) is 75.3 Å². The van der Waals surface area contributed by atoms with Crippen LogP contribution >= 0.6 is 0 Å². The number of hydrogen-bond acceptors (Lipinski definition) is 3. The second kappa shape index (κ2) is 6.90. The third-order valence-corrected chi connectivity index (χ3v) is 7.86. The molecule has 1 atom stereocenters. The number of nitrogens with one attached hydrogen (secondary N) is 2. The van der Waals surface area contributed by atoms with Crippen molar-refractivity contribution in [3.8, 4) is 0 Å². The maximum absolute atomic E-state index is 13.1. The Morgan fingerprint density at radius 3 is 2.29 bits per heavy atom. The Morgan fingerprint density at radius 2 is 1.75 bits per heavy atom. The Bertz CT molecular complexity index is 701. The lowest BCUT2D eigenvalue weighted by Gasteiger charge is -2.57. The van der Waals surface area contributed by atoms with Gasteiger partial charge in [-0.3, -0.25) is 9.59 Å². The molecule has 1 aromatic heterocycles. The summed E-state index contributed by atoms with van der Waals surface area (Å²) in [6.45, 7) is 5.01. The summed E-state index contributed by atoms with van der Waals surface area (Å²) in [4.78, 5) is 28.7. The first-order valence-corrected chi connectivity index (χ1v) is 11.0. The Hall–Kier alpha value is -1.82. The average Bonchev–Trinajstić information content (AvgIpc) is 3.20. The fourth-order valence-corrected chi connectivity index (χ4v) is 6.80. The first-order chi connectivity index (χ1) is 13.5. The number of carbonyl (C=O) groups excluding carboxylic acids is 2. The van der Waals surface area contributed by atoms with Gasteiger partial charge in [-0.15, -0.1) is 0 Å². The van der Waals surface area contributed by atoms with Crippen molar-refractivity contribution in [3.05, 3.63) is 24.2 Å². The molecule has 0 radical (unpaired) electrons. The first kappa shape index (κ1) is 18.2. The van der Waals surface area contributed by atoms with Crippen LogP contribution in [0.3, 0.4) is 0 Å². The van der Waals surface area contributed by atoms with Crippen LogP contribution in [0, 0.1) is 17.8 Å². The highest BCUT2D eigenvalue weighted by Gasteiger charge is 2.52. The number of piperazine rings is 1. The number of amides is 2. The van der Waals surface area contributed by atoms with Gasteiger partial charge in [0.2, 0.25) is 0 Å². The van der Waals surface area contributed by atoms with E-state index in [1.165, 1.54) is 49.7 Å². The second-order valence-electron chi connectivity index (χ2n) is 9.84. The van der Waals surface area contributed by atoms with Crippen LogP contribution in [0.4, 0.5) is 0 Å². The lowest BCUT2D eigenvalue weighted by Crippen LogP contribution is -3.19. The van der Waals surface area contributed by atoms with E-state index in [4.69, 9.17) is 4.42 Å². The monoisotopic (exact) mass is 386 g/mol. The molecule has 4 aliphatic carbocycles. The van der Waals surface area contributed by atoms with Gasteiger partial charge in [0.05, 0.1) is 32.4 Å². The van der Waals surface area contributed by atoms with Crippen molar-refractivity contribution < 1.29 is 18.9 Å². The molecule has 1 saturated heterocycles. The number of hydrogen-bond donors (Lipinski definition) is 2. The summed E-state index contributed by atoms with van der Waals surface area (Å²) < 4.78 is 5.23. The van der Waals surface area contributed by atoms with Crippen LogP contribution in [-0.2, 0) is 4.79 Å². The minimum Gasteiger partial charge on any atom is -0.459 e. The molecular weight excluding hydrogens is 354 g/mol. The van der Waals surface area contributed by atoms with E-state index in [1.807, 2.05) is 4.90 Å². The lowest BCUT2D eigenvalue weighted by atomic mass is 9.53. The third kappa shape index (κ3) is 3.25. The predicted octanol–water partition coefficient (Wildman–Crippen LogP) is 1.09. The van der Waals surface area contributed by atoms with Gasteiger partial charge in [0.15, 0.2) is 11.8 Å². The largest absolute Gasteiger partial charge is 0.459 e. The Balaban J connectivity index is 1.17. The van der Waals surface area contributed by atoms with Gasteiger partial charge in [0.25, 0.3) is 11.8 Å². The van der Waals surface area contributed by atoms with E-state index in [9.17, 15) is 9.59 Å². The van der Waals surface area contributed by atoms with Crippen molar-refractivity contribution in [1.29, 1.82) is 0 Å². The zero-order valence-electron chi connectivity index (χ0n) is 16.8. The van der Waals surface area contributed by atoms with Gasteiger partial charge in [0, 0.05) is 5.54 Å². The van der Waals surface area contributed by atoms with Gasteiger partial charge in [-0.2, -0.15) is 0 Å². The molecule has 28 heavy (non-hydrogen) atoms. The SMILES string of the molecule is C[C@H](C(=O)NC12CC3CC(CC(C3)C1)C2)[NH+]1CCN(C(=O)c2ccco2)CC1. The highest BCUT2D eigenvalue weighted by Crippen LogP contribution is 2.55. The smallest absolute Gasteiger partial charge is 0.289 e. The van der Waals surface area contributed by atoms with E-state index in [-0.39, 0.29) is 23.4 Å². The van der Waals surface area contributed by atoms with E-state index in [0.29, 0.717) is 18.8 Å². The highest BCUT2D eigenvalue weighted by atomic mass is 16.3. The molecule has 5 aliphatic rings. The number of quaternary nitrogens is 1. The Morgan fingerprint density at radius 1 is 1.14 bits per heavy atom. The summed E-state index contributed by atoms with van der Waals surface area (Å²) in [6.07, 6.45) is 9.28. The van der Waals surface area contributed by atoms with Crippen LogP contribution in [-0.4, -0.2) is 54.5 Å². The number of nitrogens with zero attached hydrogens (tertiary/aromatic N) is 1. The molecule has 6 nitrogen and oxygen atoms in total. The van der Waals surface area contributed by atoms with Crippen LogP contribution in [0.15, 0.2) is 22.8 Å². The predicted molar refractivity (Wildman–Crippen MR) is 104 cm³/mol. The molecule has 152 valence electrons. The van der Waals surface area contributed by atoms with Crippen LogP contribution in [0.2, 0.25) is 0 Å². The summed E-state index contributed by atoms with van der Waals surface area (Å²) in [5, 5.41) is 3.52. The summed E-state index contributed by atoms with van der Waals surface area (Å²) >= 11 is 0. The standard InChI is InChI=1S/C22H31N3O3/c1-15(24-4-6-25(7-5-24)21(27)19-3-2-8-28-19)20(26)23-22-12-16-9-17(13-22)11-18(10-16)14-22/h2-3,8,15-18H,4-7,9-14H2,1H3,(H,23,26)/p+1/t15-,16?,17?,18?,22?/m1/s1. The number of rotatable bonds is 4. The zero-order valence-corrected chi connectivity index (χ0v) is 16.8. The Labute approximate surface area is 166 Å². The van der Waals surface area contributed by atoms with Crippen molar-refractivity contribution in [2.75, 3.05) is 26.2 Å². The van der Waals surface area contributed by atoms with E-state index in [2.05, 4.69) is 12.2 Å². The van der Waals surface area contributed by atoms with E-state index < -0.39 is 0 Å². The minimum absolute atomic E-state index is 0.0466. The molecule has 0 unspecified atom stereocenters. The number of carbonyl (C=O) groups is 2. The van der Waals surface area contributed by atoms with Crippen LogP contribution in [0.5, 0.6) is 0 Å². The van der Waals surface area contributed by atoms with Gasteiger partial charge in [-0.1, -0.05) is 0 Å². The molecule has 6 rings (SSSR count). The van der Waals surface area contributed by atoms with Crippen molar-refractivity contribution in [2.45, 2.75) is 57.0 Å². The third-order valence-electron chi connectivity index (χ3n) is 7.86. The van der Waals surface area contributed by atoms with Gasteiger partial charge in [-0.25, -0.2) is 0 Å². The molecule has 5 fully saturated rings. The Kier molecular flexibility index (Phi) is 4.49. The summed E-state index contributed by atoms with van der Waals surface area (Å²) in [5.74, 6) is 3.08. The second-order valence-corrected chi connectivity index (χ2v) is 9.84. The molecule has 0 spiro atoms. The summed E-state index contributed by atoms with van der Waals surface area (Å²) in [6, 6.07) is 3.39. The molecule has 2 amide bonds. The zero-order chi connectivity index (χ0) is 19.3. The quantitative estimate of drug-likeness (QED) is 0.814. The molecule has 4 bridgehead atoms. The summed E-state index contributed by atoms with van der Waals surface area (Å²) in [7, 11) is 0. The molecule has 1 aromatic rings. The van der Waals surface area contributed by atoms with E-state index in [0.717, 1.165) is 30.8 Å². The van der Waals surface area contributed by atoms with Crippen molar-refractivity contribution in [2.24, 2.45) is 17.8 Å². The molecule has 4 saturated carbocycles. The van der Waals surface area contributed by atoms with Gasteiger partial charge >= 0.3 is 0 Å². The highest BCUT2D eigenvalue weighted by molar-refractivity contribution is 5.91. The van der Waals surface area contributed by atoms with Crippen molar-refractivity contribution in [3.63, 3.8) is 0 Å². The van der Waals surface area contributed by atoms with Crippen molar-refractivity contribution in [1.82, 2.24) is 10.2 Å². The molecule has 2 N–H and O–H groups in total. The molecule has 2 heterocycles. The molecule has 0 aromatic carbocycles. The topological polar surface area (TPSA) is 67.0 Å². The van der Waals surface area contributed by atoms with Crippen LogP contribution in [0.1, 0.15) is 56.0 Å². The summed E-state index contributed by atoms with van der Waals surface area (Å²) in [5.41, 5.74) is 0.0800. The van der Waals surface area contributed by atoms with Gasteiger partial charge in [0.1, 0.15) is 0 Å². The first-order valence-electron chi connectivity index (χ1n) is 11.0. The maximum atomic E-state index is 13.1. The van der Waals surface area contributed by atoms with E-state index in [1.54, 1.807) is 12.1 Å². The van der Waals surface area contributed by atoms with E-state index >= 15 is 0 Å². The average molecular weight is 387 g/mol. The molecule has 1 aliphatic heterocycles. The maximum Gasteiger partial charge on any atom is 0.289 e. The molecular formula is C22H32N3O3+.